The van der Waals surface area contributed by atoms with E-state index in [1.807, 2.05) is 32.9 Å². The number of carbonyl (C=O) groups excluding carboxylic acids is 2. The van der Waals surface area contributed by atoms with Crippen molar-refractivity contribution in [3.63, 3.8) is 0 Å². The number of carbonyl (C=O) groups is 2. The summed E-state index contributed by atoms with van der Waals surface area (Å²) >= 11 is 0. The first-order valence-corrected chi connectivity index (χ1v) is 16.1. The number of methoxy groups -OCH3 is 1. The molecule has 0 aliphatic carbocycles. The standard InChI is InChI=1S/C30H44N2O4Si/c1-20-12-13-25(32-14-10-11-23(18-32)19-36-37(8,9)30(4,5)6)17-26(20)28(33)31-27-21(2)15-24(16-22(27)3)29(34)35-7/h12-13,15-17,23H,10-11,14,18-19H2,1-9H3,(H,31,33)/t23-/m1/s1. The highest BCUT2D eigenvalue weighted by molar-refractivity contribution is 6.74. The fourth-order valence-corrected chi connectivity index (χ4v) is 5.69. The fraction of sp³-hybridized carbons (Fsp3) is 0.533. The van der Waals surface area contributed by atoms with Gasteiger partial charge in [0, 0.05) is 36.6 Å². The quantitative estimate of drug-likeness (QED) is 0.316. The Hall–Kier alpha value is -2.64. The molecule has 0 spiro atoms. The first-order chi connectivity index (χ1) is 17.2. The zero-order chi connectivity index (χ0) is 27.5. The number of rotatable bonds is 7. The van der Waals surface area contributed by atoms with Crippen LogP contribution >= 0.6 is 0 Å². The summed E-state index contributed by atoms with van der Waals surface area (Å²) in [5, 5.41) is 3.29. The molecule has 1 aliphatic heterocycles. The predicted molar refractivity (Wildman–Crippen MR) is 154 cm³/mol. The molecule has 1 N–H and O–H groups in total. The van der Waals surface area contributed by atoms with Gasteiger partial charge < -0.3 is 19.4 Å². The van der Waals surface area contributed by atoms with Crippen molar-refractivity contribution in [2.45, 2.75) is 72.5 Å². The van der Waals surface area contributed by atoms with Gasteiger partial charge in [0.15, 0.2) is 8.32 Å². The third kappa shape index (κ3) is 6.82. The normalized spacial score (nSPS) is 16.5. The van der Waals surface area contributed by atoms with Crippen LogP contribution < -0.4 is 10.2 Å². The highest BCUT2D eigenvalue weighted by Gasteiger charge is 2.38. The van der Waals surface area contributed by atoms with Gasteiger partial charge in [0.2, 0.25) is 0 Å². The van der Waals surface area contributed by atoms with Crippen molar-refractivity contribution in [1.82, 2.24) is 0 Å². The largest absolute Gasteiger partial charge is 0.465 e. The molecule has 2 aromatic carbocycles. The fourth-order valence-electron chi connectivity index (χ4n) is 4.61. The molecule has 3 rings (SSSR count). The Morgan fingerprint density at radius 3 is 2.30 bits per heavy atom. The maximum atomic E-state index is 13.4. The van der Waals surface area contributed by atoms with Gasteiger partial charge in [-0.3, -0.25) is 4.79 Å². The number of hydrogen-bond acceptors (Lipinski definition) is 5. The molecule has 0 bridgehead atoms. The number of amides is 1. The molecule has 37 heavy (non-hydrogen) atoms. The second kappa shape index (κ2) is 11.4. The van der Waals surface area contributed by atoms with Crippen LogP contribution in [-0.4, -0.2) is 47.0 Å². The number of benzene rings is 2. The second-order valence-electron chi connectivity index (χ2n) is 12.0. The summed E-state index contributed by atoms with van der Waals surface area (Å²) in [6.45, 7) is 19.9. The molecule has 2 aromatic rings. The topological polar surface area (TPSA) is 67.9 Å². The minimum atomic E-state index is -1.78. The lowest BCUT2D eigenvalue weighted by molar-refractivity contribution is 0.0600. The SMILES string of the molecule is COC(=O)c1cc(C)c(NC(=O)c2cc(N3CCC[C@@H](CO[Si](C)(C)C(C)(C)C)C3)ccc2C)c(C)c1. The van der Waals surface area contributed by atoms with Gasteiger partial charge in [-0.05, 0) is 98.6 Å². The molecule has 1 fully saturated rings. The Balaban J connectivity index is 1.75. The molecule has 1 atom stereocenters. The molecule has 6 nitrogen and oxygen atoms in total. The number of ether oxygens (including phenoxy) is 1. The molecule has 0 aromatic heterocycles. The van der Waals surface area contributed by atoms with Crippen LogP contribution in [0, 0.1) is 26.7 Å². The van der Waals surface area contributed by atoms with Crippen molar-refractivity contribution in [2.24, 2.45) is 5.92 Å². The van der Waals surface area contributed by atoms with E-state index in [1.54, 1.807) is 12.1 Å². The van der Waals surface area contributed by atoms with Crippen molar-refractivity contribution < 1.29 is 18.8 Å². The van der Waals surface area contributed by atoms with Crippen molar-refractivity contribution in [3.8, 4) is 0 Å². The lowest BCUT2D eigenvalue weighted by atomic mass is 9.97. The predicted octanol–water partition coefficient (Wildman–Crippen LogP) is 6.89. The Bertz CT molecular complexity index is 1130. The molecular weight excluding hydrogens is 480 g/mol. The van der Waals surface area contributed by atoms with Gasteiger partial charge in [0.25, 0.3) is 5.91 Å². The Kier molecular flexibility index (Phi) is 8.91. The molecule has 0 radical (unpaired) electrons. The summed E-state index contributed by atoms with van der Waals surface area (Å²) in [6.07, 6.45) is 2.29. The molecule has 0 saturated carbocycles. The van der Waals surface area contributed by atoms with Gasteiger partial charge in [0.05, 0.1) is 12.7 Å². The van der Waals surface area contributed by atoms with Crippen molar-refractivity contribution >= 4 is 31.6 Å². The van der Waals surface area contributed by atoms with E-state index in [0.717, 1.165) is 54.2 Å². The van der Waals surface area contributed by atoms with Crippen LogP contribution in [0.4, 0.5) is 11.4 Å². The van der Waals surface area contributed by atoms with E-state index >= 15 is 0 Å². The first-order valence-electron chi connectivity index (χ1n) is 13.2. The van der Waals surface area contributed by atoms with Crippen LogP contribution in [0.2, 0.25) is 18.1 Å². The van der Waals surface area contributed by atoms with Gasteiger partial charge in [-0.2, -0.15) is 0 Å². The van der Waals surface area contributed by atoms with Gasteiger partial charge >= 0.3 is 5.97 Å². The summed E-state index contributed by atoms with van der Waals surface area (Å²) < 4.78 is 11.4. The van der Waals surface area contributed by atoms with E-state index in [4.69, 9.17) is 9.16 Å². The molecule has 1 aliphatic rings. The third-order valence-corrected chi connectivity index (χ3v) is 12.5. The minimum Gasteiger partial charge on any atom is -0.465 e. The zero-order valence-corrected chi connectivity index (χ0v) is 25.1. The summed E-state index contributed by atoms with van der Waals surface area (Å²) in [7, 11) is -0.412. The van der Waals surface area contributed by atoms with E-state index in [0.29, 0.717) is 17.0 Å². The van der Waals surface area contributed by atoms with Crippen LogP contribution in [-0.2, 0) is 9.16 Å². The average Bonchev–Trinajstić information content (AvgIpc) is 2.84. The van der Waals surface area contributed by atoms with Gasteiger partial charge in [0.1, 0.15) is 0 Å². The highest BCUT2D eigenvalue weighted by atomic mass is 28.4. The third-order valence-electron chi connectivity index (χ3n) is 8.03. The summed E-state index contributed by atoms with van der Waals surface area (Å²) in [5.41, 5.74) is 5.51. The number of aryl methyl sites for hydroxylation is 3. The summed E-state index contributed by atoms with van der Waals surface area (Å²) in [6, 6.07) is 9.65. The van der Waals surface area contributed by atoms with Crippen LogP contribution in [0.15, 0.2) is 30.3 Å². The Labute approximate surface area is 223 Å². The first kappa shape index (κ1) is 28.9. The highest BCUT2D eigenvalue weighted by Crippen LogP contribution is 2.37. The second-order valence-corrected chi connectivity index (χ2v) is 16.8. The smallest absolute Gasteiger partial charge is 0.337 e. The molecule has 202 valence electrons. The molecule has 7 heteroatoms. The monoisotopic (exact) mass is 524 g/mol. The number of esters is 1. The van der Waals surface area contributed by atoms with E-state index in [1.165, 1.54) is 13.5 Å². The van der Waals surface area contributed by atoms with E-state index < -0.39 is 8.32 Å². The summed E-state index contributed by atoms with van der Waals surface area (Å²) in [5.74, 6) is -0.0477. The number of anilines is 2. The molecular formula is C30H44N2O4Si. The van der Waals surface area contributed by atoms with Crippen molar-refractivity contribution in [2.75, 3.05) is 37.0 Å². The van der Waals surface area contributed by atoms with E-state index in [-0.39, 0.29) is 16.9 Å². The van der Waals surface area contributed by atoms with Gasteiger partial charge in [-0.1, -0.05) is 26.8 Å². The van der Waals surface area contributed by atoms with Crippen molar-refractivity contribution in [1.29, 1.82) is 0 Å². The zero-order valence-electron chi connectivity index (χ0n) is 24.1. The van der Waals surface area contributed by atoms with Crippen LogP contribution in [0.25, 0.3) is 0 Å². The minimum absolute atomic E-state index is 0.147. The number of nitrogens with zero attached hydrogens (tertiary/aromatic N) is 1. The average molecular weight is 525 g/mol. The number of piperidine rings is 1. The van der Waals surface area contributed by atoms with Gasteiger partial charge in [-0.25, -0.2) is 4.79 Å². The lowest BCUT2D eigenvalue weighted by Crippen LogP contribution is -2.44. The Morgan fingerprint density at radius 1 is 1.05 bits per heavy atom. The molecule has 1 amide bonds. The maximum absolute atomic E-state index is 13.4. The molecule has 1 heterocycles. The summed E-state index contributed by atoms with van der Waals surface area (Å²) in [4.78, 5) is 27.7. The van der Waals surface area contributed by atoms with Crippen molar-refractivity contribution in [3.05, 3.63) is 58.1 Å². The van der Waals surface area contributed by atoms with E-state index in [9.17, 15) is 9.59 Å². The van der Waals surface area contributed by atoms with E-state index in [2.05, 4.69) is 50.1 Å². The Morgan fingerprint density at radius 2 is 1.70 bits per heavy atom. The number of hydrogen-bond donors (Lipinski definition) is 1. The number of nitrogens with one attached hydrogen (secondary N) is 1. The van der Waals surface area contributed by atoms with Gasteiger partial charge in [-0.15, -0.1) is 0 Å². The molecule has 1 saturated heterocycles. The lowest BCUT2D eigenvalue weighted by Gasteiger charge is -2.40. The maximum Gasteiger partial charge on any atom is 0.337 e. The molecule has 0 unspecified atom stereocenters. The van der Waals surface area contributed by atoms with Crippen LogP contribution in [0.5, 0.6) is 0 Å². The van der Waals surface area contributed by atoms with Crippen LogP contribution in [0.1, 0.15) is 71.0 Å². The van der Waals surface area contributed by atoms with Crippen LogP contribution in [0.3, 0.4) is 0 Å².